The van der Waals surface area contributed by atoms with Crippen molar-refractivity contribution in [2.45, 2.75) is 36.7 Å². The van der Waals surface area contributed by atoms with Gasteiger partial charge in [-0.15, -0.1) is 0 Å². The van der Waals surface area contributed by atoms with Gasteiger partial charge in [-0.05, 0) is 31.2 Å². The molecule has 0 aliphatic rings. The zero-order chi connectivity index (χ0) is 27.7. The summed E-state index contributed by atoms with van der Waals surface area (Å²) >= 11 is 0. The highest BCUT2D eigenvalue weighted by Crippen LogP contribution is 2.45. The van der Waals surface area contributed by atoms with Gasteiger partial charge in [0, 0.05) is 16.8 Å². The van der Waals surface area contributed by atoms with Crippen LogP contribution in [0.25, 0.3) is 0 Å². The van der Waals surface area contributed by atoms with E-state index in [0.29, 0.717) is 24.8 Å². The number of hydrogen-bond donors (Lipinski definition) is 3. The Balaban J connectivity index is 2.55. The highest BCUT2D eigenvalue weighted by atomic mass is 19.4. The van der Waals surface area contributed by atoms with Gasteiger partial charge in [0.15, 0.2) is 0 Å². The number of alkyl halides is 9. The number of hydrogen-bond acceptors (Lipinski definition) is 5. The quantitative estimate of drug-likeness (QED) is 0.288. The minimum absolute atomic E-state index is 0.270. The van der Waals surface area contributed by atoms with E-state index in [1.165, 1.54) is 12.1 Å². The van der Waals surface area contributed by atoms with Crippen molar-refractivity contribution >= 4 is 17.6 Å². The summed E-state index contributed by atoms with van der Waals surface area (Å²) in [6.45, 7) is 1.56. The molecule has 2 aromatic carbocycles. The molecule has 0 aromatic heterocycles. The number of aliphatic hydroxyl groups is 1. The lowest BCUT2D eigenvalue weighted by Gasteiger charge is -2.39. The third kappa shape index (κ3) is 5.20. The number of methoxy groups -OCH3 is 1. The summed E-state index contributed by atoms with van der Waals surface area (Å²) in [5.74, 6) is -3.95. The van der Waals surface area contributed by atoms with Crippen LogP contribution in [0.3, 0.4) is 0 Å². The fourth-order valence-corrected chi connectivity index (χ4v) is 2.98. The predicted octanol–water partition coefficient (Wildman–Crippen LogP) is 4.58. The summed E-state index contributed by atoms with van der Waals surface area (Å²) in [4.78, 5) is 23.9. The molecule has 0 radical (unpaired) electrons. The Morgan fingerprint density at radius 3 is 1.64 bits per heavy atom. The molecule has 0 unspecified atom stereocenters. The number of amides is 1. The summed E-state index contributed by atoms with van der Waals surface area (Å²) in [6.07, 6.45) is -18.1. The first-order valence-corrected chi connectivity index (χ1v) is 9.59. The van der Waals surface area contributed by atoms with Crippen LogP contribution in [0.5, 0.6) is 0 Å². The van der Waals surface area contributed by atoms with Crippen LogP contribution in [0, 0.1) is 6.92 Å². The monoisotopic (exact) mass is 532 g/mol. The lowest BCUT2D eigenvalue weighted by Crippen LogP contribution is -2.72. The third-order valence-corrected chi connectivity index (χ3v) is 4.99. The smallest absolute Gasteiger partial charge is 0.439 e. The fraction of sp³-hybridized carbons (Fsp3) is 0.333. The first-order chi connectivity index (χ1) is 16.3. The average molecular weight is 532 g/mol. The maximum absolute atomic E-state index is 13.8. The highest BCUT2D eigenvalue weighted by molar-refractivity contribution is 5.95. The standard InChI is InChI=1S/C21H17F9N2O4/c1-11-3-5-12(6-4-11)15(33)32-18(20(25,26)27,21(28,29)30)31-14-9-7-13(8-10-14)17(35,16(34)36-2)19(22,23)24/h3-10,31,35H,1-2H3,(H,32,33)/t17-/m1/s1. The summed E-state index contributed by atoms with van der Waals surface area (Å²) in [5, 5.41) is 11.9. The van der Waals surface area contributed by atoms with Crippen LogP contribution in [0.4, 0.5) is 45.2 Å². The van der Waals surface area contributed by atoms with Crippen molar-refractivity contribution in [3.63, 3.8) is 0 Å². The number of carbonyl (C=O) groups excluding carboxylic acids is 2. The van der Waals surface area contributed by atoms with Gasteiger partial charge < -0.3 is 20.5 Å². The van der Waals surface area contributed by atoms with Gasteiger partial charge in [0.2, 0.25) is 0 Å². The molecule has 1 atom stereocenters. The molecular formula is C21H17F9N2O4. The van der Waals surface area contributed by atoms with E-state index in [-0.39, 0.29) is 12.1 Å². The second-order valence-corrected chi connectivity index (χ2v) is 7.47. The Morgan fingerprint density at radius 1 is 0.778 bits per heavy atom. The fourth-order valence-electron chi connectivity index (χ4n) is 2.98. The van der Waals surface area contributed by atoms with E-state index in [4.69, 9.17) is 0 Å². The van der Waals surface area contributed by atoms with Gasteiger partial charge in [0.1, 0.15) is 0 Å². The van der Waals surface area contributed by atoms with Crippen LogP contribution in [0.1, 0.15) is 21.5 Å². The second kappa shape index (κ2) is 9.52. The number of esters is 1. The van der Waals surface area contributed by atoms with Gasteiger partial charge >= 0.3 is 30.2 Å². The van der Waals surface area contributed by atoms with Gasteiger partial charge in [-0.2, -0.15) is 39.5 Å². The molecule has 198 valence electrons. The van der Waals surface area contributed by atoms with Crippen molar-refractivity contribution in [3.8, 4) is 0 Å². The number of halogens is 9. The molecule has 0 heterocycles. The summed E-state index contributed by atoms with van der Waals surface area (Å²) < 4.78 is 127. The lowest BCUT2D eigenvalue weighted by atomic mass is 9.92. The first-order valence-electron chi connectivity index (χ1n) is 9.59. The predicted molar refractivity (Wildman–Crippen MR) is 106 cm³/mol. The molecule has 0 saturated heterocycles. The number of anilines is 1. The van der Waals surface area contributed by atoms with Crippen LogP contribution in [0.15, 0.2) is 48.5 Å². The normalized spacial score (nSPS) is 14.6. The molecule has 1 amide bonds. The molecule has 2 aromatic rings. The van der Waals surface area contributed by atoms with E-state index in [9.17, 15) is 54.2 Å². The number of aryl methyl sites for hydroxylation is 1. The maximum atomic E-state index is 13.8. The van der Waals surface area contributed by atoms with Gasteiger partial charge in [0.25, 0.3) is 11.5 Å². The van der Waals surface area contributed by atoms with Crippen molar-refractivity contribution in [2.75, 3.05) is 12.4 Å². The van der Waals surface area contributed by atoms with Crippen LogP contribution in [-0.4, -0.2) is 48.3 Å². The molecular weight excluding hydrogens is 515 g/mol. The van der Waals surface area contributed by atoms with Crippen molar-refractivity contribution in [3.05, 3.63) is 65.2 Å². The maximum Gasteiger partial charge on any atom is 0.439 e. The van der Waals surface area contributed by atoms with E-state index >= 15 is 0 Å². The molecule has 0 spiro atoms. The van der Waals surface area contributed by atoms with E-state index < -0.39 is 58.5 Å². The molecule has 2 rings (SSSR count). The van der Waals surface area contributed by atoms with Crippen molar-refractivity contribution in [2.24, 2.45) is 0 Å². The van der Waals surface area contributed by atoms with Crippen molar-refractivity contribution < 1.29 is 58.9 Å². The summed E-state index contributed by atoms with van der Waals surface area (Å²) in [6, 6.07) is 5.69. The van der Waals surface area contributed by atoms with E-state index in [1.807, 2.05) is 0 Å². The third-order valence-electron chi connectivity index (χ3n) is 4.99. The molecule has 3 N–H and O–H groups in total. The first kappa shape index (κ1) is 28.7. The van der Waals surface area contributed by atoms with Crippen LogP contribution >= 0.6 is 0 Å². The number of nitrogens with one attached hydrogen (secondary N) is 2. The Kier molecular flexibility index (Phi) is 7.60. The van der Waals surface area contributed by atoms with Crippen LogP contribution < -0.4 is 10.6 Å². The highest BCUT2D eigenvalue weighted by Gasteiger charge is 2.72. The lowest BCUT2D eigenvalue weighted by molar-refractivity contribution is -0.294. The number of carbonyl (C=O) groups is 2. The van der Waals surface area contributed by atoms with Crippen LogP contribution in [0.2, 0.25) is 0 Å². The Labute approximate surface area is 197 Å². The topological polar surface area (TPSA) is 87.7 Å². The van der Waals surface area contributed by atoms with E-state index in [2.05, 4.69) is 4.74 Å². The number of benzene rings is 2. The van der Waals surface area contributed by atoms with Crippen LogP contribution in [-0.2, 0) is 15.1 Å². The zero-order valence-electron chi connectivity index (χ0n) is 18.2. The Morgan fingerprint density at radius 2 is 1.25 bits per heavy atom. The minimum Gasteiger partial charge on any atom is -0.466 e. The molecule has 0 saturated carbocycles. The largest absolute Gasteiger partial charge is 0.466 e. The Bertz CT molecular complexity index is 1080. The number of rotatable bonds is 6. The molecule has 0 fully saturated rings. The molecule has 15 heteroatoms. The van der Waals surface area contributed by atoms with Gasteiger partial charge in [-0.3, -0.25) is 4.79 Å². The number of ether oxygens (including phenoxy) is 1. The van der Waals surface area contributed by atoms with E-state index in [1.54, 1.807) is 6.92 Å². The molecule has 0 bridgehead atoms. The van der Waals surface area contributed by atoms with Gasteiger partial charge in [0.05, 0.1) is 7.11 Å². The SMILES string of the molecule is COC(=O)[C@](O)(c1ccc(NC(NC(=O)c2ccc(C)cc2)(C(F)(F)F)C(F)(F)F)cc1)C(F)(F)F. The molecule has 0 aliphatic heterocycles. The average Bonchev–Trinajstić information content (AvgIpc) is 2.76. The summed E-state index contributed by atoms with van der Waals surface area (Å²) in [5.41, 5.74) is -11.6. The Hall–Kier alpha value is -3.49. The summed E-state index contributed by atoms with van der Waals surface area (Å²) in [7, 11) is 0.521. The van der Waals surface area contributed by atoms with Crippen molar-refractivity contribution in [1.82, 2.24) is 5.32 Å². The molecule has 6 nitrogen and oxygen atoms in total. The second-order valence-electron chi connectivity index (χ2n) is 7.47. The molecule has 0 aliphatic carbocycles. The minimum atomic E-state index is -6.21. The van der Waals surface area contributed by atoms with Gasteiger partial charge in [-0.25, -0.2) is 4.79 Å². The van der Waals surface area contributed by atoms with Gasteiger partial charge in [-0.1, -0.05) is 29.8 Å². The zero-order valence-corrected chi connectivity index (χ0v) is 18.2. The van der Waals surface area contributed by atoms with E-state index in [0.717, 1.165) is 22.8 Å². The van der Waals surface area contributed by atoms with Crippen molar-refractivity contribution in [1.29, 1.82) is 0 Å². The molecule has 36 heavy (non-hydrogen) atoms.